The number of aromatic carboxylic acids is 1. The molecular weight excluding hydrogens is 322 g/mol. The highest BCUT2D eigenvalue weighted by Gasteiger charge is 2.35. The van der Waals surface area contributed by atoms with Crippen molar-refractivity contribution in [3.05, 3.63) is 46.8 Å². The van der Waals surface area contributed by atoms with Gasteiger partial charge in [-0.15, -0.1) is 5.10 Å². The summed E-state index contributed by atoms with van der Waals surface area (Å²) in [5.74, 6) is -3.08. The maximum absolute atomic E-state index is 13.2. The fourth-order valence-corrected chi connectivity index (χ4v) is 2.97. The second-order valence-electron chi connectivity index (χ2n) is 5.56. The molecule has 0 radical (unpaired) electrons. The number of aromatic nitrogens is 3. The summed E-state index contributed by atoms with van der Waals surface area (Å²) in [5, 5.41) is 18.8. The Balaban J connectivity index is 1.81. The van der Waals surface area contributed by atoms with E-state index in [0.717, 1.165) is 18.2 Å². The summed E-state index contributed by atoms with van der Waals surface area (Å²) in [6.45, 7) is 0.424. The number of hydrogen-bond donors (Lipinski definition) is 2. The van der Waals surface area contributed by atoms with Gasteiger partial charge in [-0.2, -0.15) is 10.3 Å². The van der Waals surface area contributed by atoms with Gasteiger partial charge in [0.1, 0.15) is 17.3 Å². The third kappa shape index (κ3) is 3.10. The molecule has 9 heteroatoms. The number of halogens is 2. The topological polar surface area (TPSA) is 99.2 Å². The Morgan fingerprint density at radius 2 is 1.96 bits per heavy atom. The minimum Gasteiger partial charge on any atom is -0.476 e. The van der Waals surface area contributed by atoms with Crippen molar-refractivity contribution in [3.63, 3.8) is 0 Å². The van der Waals surface area contributed by atoms with Gasteiger partial charge < -0.3 is 10.0 Å². The van der Waals surface area contributed by atoms with E-state index in [-0.39, 0.29) is 29.3 Å². The third-order valence-electron chi connectivity index (χ3n) is 3.94. The summed E-state index contributed by atoms with van der Waals surface area (Å²) in [5.41, 5.74) is 0.192. The van der Waals surface area contributed by atoms with Crippen LogP contribution < -0.4 is 0 Å². The van der Waals surface area contributed by atoms with Crippen LogP contribution in [0.5, 0.6) is 0 Å². The van der Waals surface area contributed by atoms with E-state index in [1.165, 1.54) is 4.90 Å². The summed E-state index contributed by atoms with van der Waals surface area (Å²) in [4.78, 5) is 25.2. The number of nitrogens with zero attached hydrogens (tertiary/aromatic N) is 3. The average Bonchev–Trinajstić information content (AvgIpc) is 3.14. The van der Waals surface area contributed by atoms with E-state index in [4.69, 9.17) is 5.11 Å². The number of aromatic amines is 1. The molecule has 1 aliphatic rings. The van der Waals surface area contributed by atoms with Crippen LogP contribution in [0.3, 0.4) is 0 Å². The highest BCUT2D eigenvalue weighted by Crippen LogP contribution is 2.32. The van der Waals surface area contributed by atoms with Crippen molar-refractivity contribution in [2.45, 2.75) is 25.3 Å². The van der Waals surface area contributed by atoms with Crippen molar-refractivity contribution in [3.8, 4) is 0 Å². The van der Waals surface area contributed by atoms with E-state index in [2.05, 4.69) is 15.4 Å². The molecule has 2 heterocycles. The number of hydrogen-bond acceptors (Lipinski definition) is 4. The van der Waals surface area contributed by atoms with Crippen molar-refractivity contribution in [2.75, 3.05) is 6.54 Å². The number of nitrogens with one attached hydrogen (secondary N) is 1. The van der Waals surface area contributed by atoms with Crippen LogP contribution in [0.15, 0.2) is 18.2 Å². The van der Waals surface area contributed by atoms with Gasteiger partial charge in [-0.3, -0.25) is 4.79 Å². The van der Waals surface area contributed by atoms with Gasteiger partial charge in [0.25, 0.3) is 0 Å². The summed E-state index contributed by atoms with van der Waals surface area (Å²) in [7, 11) is 0. The van der Waals surface area contributed by atoms with E-state index >= 15 is 0 Å². The van der Waals surface area contributed by atoms with Gasteiger partial charge in [-0.05, 0) is 30.5 Å². The van der Waals surface area contributed by atoms with Crippen molar-refractivity contribution in [2.24, 2.45) is 0 Å². The number of carboxylic acid groups (broad SMARTS) is 1. The largest absolute Gasteiger partial charge is 0.476 e. The third-order valence-corrected chi connectivity index (χ3v) is 3.94. The summed E-state index contributed by atoms with van der Waals surface area (Å²) >= 11 is 0. The molecule has 1 aromatic heterocycles. The molecule has 1 aromatic carbocycles. The standard InChI is InChI=1S/C15H14F2N4O3/c16-9-4-8(5-10(17)7-9)6-12(22)21-3-1-2-11(21)13-14(15(23)24)19-20-18-13/h4-5,7,11H,1-3,6H2,(H,23,24)(H,18,19,20). The van der Waals surface area contributed by atoms with Crippen LogP contribution >= 0.6 is 0 Å². The zero-order chi connectivity index (χ0) is 17.3. The molecule has 2 N–H and O–H groups in total. The molecule has 24 heavy (non-hydrogen) atoms. The van der Waals surface area contributed by atoms with E-state index in [9.17, 15) is 18.4 Å². The van der Waals surface area contributed by atoms with Gasteiger partial charge >= 0.3 is 5.97 Å². The van der Waals surface area contributed by atoms with Crippen molar-refractivity contribution in [1.82, 2.24) is 20.3 Å². The lowest BCUT2D eigenvalue weighted by atomic mass is 10.1. The highest BCUT2D eigenvalue weighted by molar-refractivity contribution is 5.87. The fourth-order valence-electron chi connectivity index (χ4n) is 2.97. The second kappa shape index (κ2) is 6.34. The Morgan fingerprint density at radius 3 is 2.62 bits per heavy atom. The van der Waals surface area contributed by atoms with E-state index in [0.29, 0.717) is 19.4 Å². The maximum atomic E-state index is 13.2. The molecule has 1 fully saturated rings. The number of carbonyl (C=O) groups is 2. The minimum absolute atomic E-state index is 0.175. The molecule has 2 aromatic rings. The van der Waals surface area contributed by atoms with Crippen LogP contribution in [-0.4, -0.2) is 43.8 Å². The molecule has 0 saturated carbocycles. The molecule has 7 nitrogen and oxygen atoms in total. The van der Waals surface area contributed by atoms with E-state index < -0.39 is 23.6 Å². The monoisotopic (exact) mass is 336 g/mol. The van der Waals surface area contributed by atoms with Crippen LogP contribution in [0.1, 0.15) is 40.6 Å². The number of rotatable bonds is 4. The fraction of sp³-hybridized carbons (Fsp3) is 0.333. The molecule has 1 saturated heterocycles. The molecule has 1 amide bonds. The Kier molecular flexibility index (Phi) is 4.24. The minimum atomic E-state index is -1.23. The normalized spacial score (nSPS) is 17.2. The first-order chi connectivity index (χ1) is 11.5. The summed E-state index contributed by atoms with van der Waals surface area (Å²) in [6, 6.07) is 2.43. The molecule has 0 aliphatic carbocycles. The van der Waals surface area contributed by atoms with Gasteiger partial charge in [0.05, 0.1) is 12.5 Å². The predicted octanol–water partition coefficient (Wildman–Crippen LogP) is 1.69. The summed E-state index contributed by atoms with van der Waals surface area (Å²) < 4.78 is 26.5. The summed E-state index contributed by atoms with van der Waals surface area (Å²) in [6.07, 6.45) is 1.06. The van der Waals surface area contributed by atoms with Gasteiger partial charge in [-0.1, -0.05) is 0 Å². The predicted molar refractivity (Wildman–Crippen MR) is 77.1 cm³/mol. The van der Waals surface area contributed by atoms with Crippen molar-refractivity contribution >= 4 is 11.9 Å². The number of carbonyl (C=O) groups excluding carboxylic acids is 1. The van der Waals surface area contributed by atoms with Gasteiger partial charge in [-0.25, -0.2) is 13.6 Å². The SMILES string of the molecule is O=C(O)c1n[nH]nc1C1CCCN1C(=O)Cc1cc(F)cc(F)c1. The van der Waals surface area contributed by atoms with Gasteiger partial charge in [0.2, 0.25) is 5.91 Å². The zero-order valence-electron chi connectivity index (χ0n) is 12.5. The van der Waals surface area contributed by atoms with Crippen LogP contribution in [0.2, 0.25) is 0 Å². The molecule has 1 aliphatic heterocycles. The Bertz CT molecular complexity index is 773. The highest BCUT2D eigenvalue weighted by atomic mass is 19.1. The van der Waals surface area contributed by atoms with Crippen LogP contribution in [-0.2, 0) is 11.2 Å². The quantitative estimate of drug-likeness (QED) is 0.885. The molecule has 0 spiro atoms. The van der Waals surface area contributed by atoms with Crippen LogP contribution in [0, 0.1) is 11.6 Å². The van der Waals surface area contributed by atoms with Crippen molar-refractivity contribution in [1.29, 1.82) is 0 Å². The lowest BCUT2D eigenvalue weighted by molar-refractivity contribution is -0.131. The lowest BCUT2D eigenvalue weighted by Crippen LogP contribution is -2.32. The van der Waals surface area contributed by atoms with E-state index in [1.54, 1.807) is 0 Å². The van der Waals surface area contributed by atoms with Gasteiger partial charge in [0.15, 0.2) is 5.69 Å². The Labute approximate surface area is 135 Å². The Hall–Kier alpha value is -2.84. The van der Waals surface area contributed by atoms with Crippen LogP contribution in [0.4, 0.5) is 8.78 Å². The van der Waals surface area contributed by atoms with Gasteiger partial charge in [0, 0.05) is 12.6 Å². The molecule has 3 rings (SSSR count). The maximum Gasteiger partial charge on any atom is 0.358 e. The second-order valence-corrected chi connectivity index (χ2v) is 5.56. The number of benzene rings is 1. The van der Waals surface area contributed by atoms with Crippen LogP contribution in [0.25, 0.3) is 0 Å². The number of likely N-dealkylation sites (tertiary alicyclic amines) is 1. The first-order valence-electron chi connectivity index (χ1n) is 7.34. The number of carboxylic acids is 1. The molecule has 1 atom stereocenters. The Morgan fingerprint density at radius 1 is 1.25 bits per heavy atom. The lowest BCUT2D eigenvalue weighted by Gasteiger charge is -2.23. The first kappa shape index (κ1) is 16.0. The first-order valence-corrected chi connectivity index (χ1v) is 7.34. The number of amides is 1. The molecule has 126 valence electrons. The number of H-pyrrole nitrogens is 1. The smallest absolute Gasteiger partial charge is 0.358 e. The average molecular weight is 336 g/mol. The molecule has 1 unspecified atom stereocenters. The van der Waals surface area contributed by atoms with Crippen molar-refractivity contribution < 1.29 is 23.5 Å². The van der Waals surface area contributed by atoms with E-state index in [1.807, 2.05) is 0 Å². The molecule has 0 bridgehead atoms. The molecular formula is C15H14F2N4O3. The zero-order valence-corrected chi connectivity index (χ0v) is 12.5.